The van der Waals surface area contributed by atoms with E-state index in [2.05, 4.69) is 15.3 Å². The van der Waals surface area contributed by atoms with Crippen molar-refractivity contribution in [2.75, 3.05) is 13.7 Å². The number of H-pyrrole nitrogens is 1. The lowest BCUT2D eigenvalue weighted by molar-refractivity contribution is -0.116. The van der Waals surface area contributed by atoms with Gasteiger partial charge in [-0.25, -0.2) is 9.37 Å². The van der Waals surface area contributed by atoms with Gasteiger partial charge in [0.05, 0.1) is 18.1 Å². The summed E-state index contributed by atoms with van der Waals surface area (Å²) in [6.07, 6.45) is 3.87. The van der Waals surface area contributed by atoms with Crippen LogP contribution >= 0.6 is 0 Å². The molecule has 0 fully saturated rings. The number of benzene rings is 2. The molecule has 2 aromatic carbocycles. The monoisotopic (exact) mass is 367 g/mol. The fraction of sp³-hybridized carbons (Fsp3) is 0.238. The molecule has 0 aliphatic rings. The van der Waals surface area contributed by atoms with Gasteiger partial charge in [-0.2, -0.15) is 0 Å². The van der Waals surface area contributed by atoms with Crippen molar-refractivity contribution in [2.45, 2.75) is 20.3 Å². The number of aryl methyl sites for hydroxylation is 2. The summed E-state index contributed by atoms with van der Waals surface area (Å²) >= 11 is 0. The first-order valence-electron chi connectivity index (χ1n) is 8.71. The molecule has 0 bridgehead atoms. The van der Waals surface area contributed by atoms with Gasteiger partial charge in [0.25, 0.3) is 0 Å². The molecule has 3 aromatic rings. The number of methoxy groups -OCH3 is 1. The van der Waals surface area contributed by atoms with Gasteiger partial charge in [-0.1, -0.05) is 0 Å². The number of nitrogens with one attached hydrogen (secondary N) is 2. The zero-order chi connectivity index (χ0) is 19.4. The lowest BCUT2D eigenvalue weighted by atomic mass is 10.0. The fourth-order valence-corrected chi connectivity index (χ4v) is 2.99. The second-order valence-electron chi connectivity index (χ2n) is 6.39. The molecule has 5 nitrogen and oxygen atoms in total. The van der Waals surface area contributed by atoms with Crippen LogP contribution in [-0.4, -0.2) is 29.5 Å². The Morgan fingerprint density at radius 2 is 2.00 bits per heavy atom. The predicted molar refractivity (Wildman–Crippen MR) is 104 cm³/mol. The van der Waals surface area contributed by atoms with Crippen molar-refractivity contribution in [1.82, 2.24) is 15.3 Å². The van der Waals surface area contributed by atoms with E-state index in [1.54, 1.807) is 13.2 Å². The molecule has 2 N–H and O–H groups in total. The number of aromatic amines is 1. The van der Waals surface area contributed by atoms with Crippen LogP contribution < -0.4 is 10.1 Å². The minimum absolute atomic E-state index is 0.174. The largest absolute Gasteiger partial charge is 0.497 e. The van der Waals surface area contributed by atoms with Crippen LogP contribution in [0.25, 0.3) is 17.1 Å². The van der Waals surface area contributed by atoms with Gasteiger partial charge in [-0.05, 0) is 66.9 Å². The first-order valence-corrected chi connectivity index (χ1v) is 8.71. The van der Waals surface area contributed by atoms with Crippen molar-refractivity contribution in [3.8, 4) is 5.75 Å². The minimum atomic E-state index is -0.305. The molecule has 0 atom stereocenters. The molecule has 0 radical (unpaired) electrons. The van der Waals surface area contributed by atoms with Crippen LogP contribution in [0, 0.1) is 19.7 Å². The molecule has 0 saturated carbocycles. The number of aromatic nitrogens is 2. The number of fused-ring (bicyclic) bond motifs is 1. The number of ether oxygens (including phenoxy) is 1. The summed E-state index contributed by atoms with van der Waals surface area (Å²) in [6.45, 7) is 4.40. The molecule has 0 unspecified atom stereocenters. The summed E-state index contributed by atoms with van der Waals surface area (Å²) in [5, 5.41) is 2.83. The number of imidazole rings is 1. The van der Waals surface area contributed by atoms with Crippen LogP contribution in [0.5, 0.6) is 5.75 Å². The van der Waals surface area contributed by atoms with Crippen LogP contribution in [-0.2, 0) is 11.2 Å². The summed E-state index contributed by atoms with van der Waals surface area (Å²) in [6, 6.07) is 8.30. The molecular formula is C21H22FN3O2. The molecular weight excluding hydrogens is 345 g/mol. The zero-order valence-electron chi connectivity index (χ0n) is 15.6. The standard InChI is InChI=1S/C21H22FN3O2/c1-13-10-16(27-3)11-14(2)17(13)5-7-21(26)23-9-8-20-24-18-6-4-15(22)12-19(18)25-20/h4-7,10-12H,8-9H2,1-3H3,(H,23,26)(H,24,25)/b7-5+. The smallest absolute Gasteiger partial charge is 0.244 e. The highest BCUT2D eigenvalue weighted by atomic mass is 19.1. The van der Waals surface area contributed by atoms with Crippen molar-refractivity contribution in [3.63, 3.8) is 0 Å². The van der Waals surface area contributed by atoms with Crippen LogP contribution in [0.4, 0.5) is 4.39 Å². The Hall–Kier alpha value is -3.15. The minimum Gasteiger partial charge on any atom is -0.497 e. The first-order chi connectivity index (χ1) is 13.0. The van der Waals surface area contributed by atoms with Crippen molar-refractivity contribution >= 4 is 23.0 Å². The van der Waals surface area contributed by atoms with Crippen LogP contribution in [0.3, 0.4) is 0 Å². The molecule has 1 heterocycles. The molecule has 0 spiro atoms. The number of carbonyl (C=O) groups excluding carboxylic acids is 1. The third-order valence-corrected chi connectivity index (χ3v) is 4.36. The molecule has 1 amide bonds. The highest BCUT2D eigenvalue weighted by molar-refractivity contribution is 5.92. The average molecular weight is 367 g/mol. The summed E-state index contributed by atoms with van der Waals surface area (Å²) in [5.41, 5.74) is 4.46. The van der Waals surface area contributed by atoms with E-state index < -0.39 is 0 Å². The molecule has 3 rings (SSSR count). The molecule has 0 aliphatic heterocycles. The van der Waals surface area contributed by atoms with Gasteiger partial charge >= 0.3 is 0 Å². The fourth-order valence-electron chi connectivity index (χ4n) is 2.99. The lowest BCUT2D eigenvalue weighted by Crippen LogP contribution is -2.23. The van der Waals surface area contributed by atoms with E-state index in [0.29, 0.717) is 29.8 Å². The zero-order valence-corrected chi connectivity index (χ0v) is 15.6. The first kappa shape index (κ1) is 18.6. The van der Waals surface area contributed by atoms with Crippen molar-refractivity contribution in [2.24, 2.45) is 0 Å². The second-order valence-corrected chi connectivity index (χ2v) is 6.39. The highest BCUT2D eigenvalue weighted by Crippen LogP contribution is 2.22. The third kappa shape index (κ3) is 4.53. The number of hydrogen-bond acceptors (Lipinski definition) is 3. The van der Waals surface area contributed by atoms with Crippen LogP contribution in [0.1, 0.15) is 22.5 Å². The number of carbonyl (C=O) groups is 1. The third-order valence-electron chi connectivity index (χ3n) is 4.36. The van der Waals surface area contributed by atoms with Crippen molar-refractivity contribution in [3.05, 3.63) is 64.7 Å². The Morgan fingerprint density at radius 3 is 2.70 bits per heavy atom. The topological polar surface area (TPSA) is 67.0 Å². The molecule has 1 aromatic heterocycles. The number of nitrogens with zero attached hydrogens (tertiary/aromatic N) is 1. The lowest BCUT2D eigenvalue weighted by Gasteiger charge is -2.08. The molecule has 0 aliphatic carbocycles. The summed E-state index contributed by atoms with van der Waals surface area (Å²) in [7, 11) is 1.63. The summed E-state index contributed by atoms with van der Waals surface area (Å²) in [4.78, 5) is 19.5. The number of halogens is 1. The Morgan fingerprint density at radius 1 is 1.26 bits per heavy atom. The van der Waals surface area contributed by atoms with E-state index >= 15 is 0 Å². The molecule has 6 heteroatoms. The van der Waals surface area contributed by atoms with Crippen molar-refractivity contribution in [1.29, 1.82) is 0 Å². The average Bonchev–Trinajstić information content (AvgIpc) is 3.02. The quantitative estimate of drug-likeness (QED) is 0.653. The van der Waals surface area contributed by atoms with Gasteiger partial charge in [0.15, 0.2) is 0 Å². The summed E-state index contributed by atoms with van der Waals surface area (Å²) < 4.78 is 18.5. The SMILES string of the molecule is COc1cc(C)c(/C=C/C(=O)NCCc2nc3ccc(F)cc3[nH]2)c(C)c1. The number of amides is 1. The summed E-state index contributed by atoms with van der Waals surface area (Å²) in [5.74, 6) is 1.03. The normalized spacial score (nSPS) is 11.3. The van der Waals surface area contributed by atoms with Gasteiger partial charge in [-0.3, -0.25) is 4.79 Å². The molecule has 140 valence electrons. The van der Waals surface area contributed by atoms with Gasteiger partial charge in [0, 0.05) is 19.0 Å². The Balaban J connectivity index is 1.57. The van der Waals surface area contributed by atoms with Crippen molar-refractivity contribution < 1.29 is 13.9 Å². The number of rotatable bonds is 6. The van der Waals surface area contributed by atoms with E-state index in [-0.39, 0.29) is 11.7 Å². The Bertz CT molecular complexity index is 985. The van der Waals surface area contributed by atoms with E-state index in [1.807, 2.05) is 32.1 Å². The van der Waals surface area contributed by atoms with Gasteiger partial charge in [0.1, 0.15) is 17.4 Å². The maximum atomic E-state index is 13.2. The maximum absolute atomic E-state index is 13.2. The second kappa shape index (κ2) is 8.03. The highest BCUT2D eigenvalue weighted by Gasteiger charge is 2.06. The van der Waals surface area contributed by atoms with E-state index in [1.165, 1.54) is 18.2 Å². The van der Waals surface area contributed by atoms with Crippen LogP contribution in [0.15, 0.2) is 36.4 Å². The molecule has 27 heavy (non-hydrogen) atoms. The maximum Gasteiger partial charge on any atom is 0.244 e. The van der Waals surface area contributed by atoms with Gasteiger partial charge < -0.3 is 15.0 Å². The van der Waals surface area contributed by atoms with E-state index in [4.69, 9.17) is 4.74 Å². The Labute approximate surface area is 157 Å². The van der Waals surface area contributed by atoms with E-state index in [9.17, 15) is 9.18 Å². The Kier molecular flexibility index (Phi) is 5.54. The number of hydrogen-bond donors (Lipinski definition) is 2. The van der Waals surface area contributed by atoms with Gasteiger partial charge in [-0.15, -0.1) is 0 Å². The van der Waals surface area contributed by atoms with Crippen LogP contribution in [0.2, 0.25) is 0 Å². The molecule has 0 saturated heterocycles. The van der Waals surface area contributed by atoms with Gasteiger partial charge in [0.2, 0.25) is 5.91 Å². The predicted octanol–water partition coefficient (Wildman–Crippen LogP) is 3.70. The van der Waals surface area contributed by atoms with E-state index in [0.717, 1.165) is 22.4 Å².